The third kappa shape index (κ3) is 8.08. The van der Waals surface area contributed by atoms with Crippen molar-refractivity contribution in [2.75, 3.05) is 19.8 Å². The number of benzene rings is 1. The minimum atomic E-state index is -4.24. The van der Waals surface area contributed by atoms with Crippen molar-refractivity contribution in [2.24, 2.45) is 0 Å². The maximum absolute atomic E-state index is 11.8. The summed E-state index contributed by atoms with van der Waals surface area (Å²) in [6.07, 6.45) is -3.69. The Morgan fingerprint density at radius 2 is 1.95 bits per heavy atom. The van der Waals surface area contributed by atoms with Crippen molar-refractivity contribution in [2.45, 2.75) is 25.0 Å². The first-order chi connectivity index (χ1) is 9.01. The molecule has 2 nitrogen and oxygen atoms in total. The lowest BCUT2D eigenvalue weighted by Crippen LogP contribution is -2.20. The topological polar surface area (TPSA) is 21.3 Å². The standard InChI is InChI=1S/C13H17ClF3NO/c14-8-11-3-1-4-12(7-11)9-18-5-2-6-19-10-13(15,16)17/h1,3-4,7,18H,2,5-6,8-10H2. The second-order valence-corrected chi connectivity index (χ2v) is 4.42. The second kappa shape index (κ2) is 8.40. The van der Waals surface area contributed by atoms with Crippen LogP contribution in [0.2, 0.25) is 0 Å². The Balaban J connectivity index is 2.07. The summed E-state index contributed by atoms with van der Waals surface area (Å²) < 4.78 is 39.8. The molecule has 0 saturated carbocycles. The van der Waals surface area contributed by atoms with Crippen LogP contribution < -0.4 is 5.32 Å². The molecule has 0 bridgehead atoms. The largest absolute Gasteiger partial charge is 0.411 e. The molecule has 6 heteroatoms. The maximum Gasteiger partial charge on any atom is 0.411 e. The van der Waals surface area contributed by atoms with Gasteiger partial charge in [0.25, 0.3) is 0 Å². The van der Waals surface area contributed by atoms with Crippen LogP contribution in [-0.2, 0) is 17.2 Å². The Morgan fingerprint density at radius 3 is 2.63 bits per heavy atom. The van der Waals surface area contributed by atoms with Gasteiger partial charge < -0.3 is 10.1 Å². The molecule has 1 N–H and O–H groups in total. The number of halogens is 4. The van der Waals surface area contributed by atoms with Crippen LogP contribution in [0.15, 0.2) is 24.3 Å². The zero-order valence-electron chi connectivity index (χ0n) is 10.5. The third-order valence-corrected chi connectivity index (χ3v) is 2.69. The van der Waals surface area contributed by atoms with Gasteiger partial charge in [0.1, 0.15) is 6.61 Å². The van der Waals surface area contributed by atoms with Gasteiger partial charge in [-0.15, -0.1) is 11.6 Å². The van der Waals surface area contributed by atoms with Crippen LogP contribution in [-0.4, -0.2) is 25.9 Å². The Kier molecular flexibility index (Phi) is 7.20. The molecule has 0 saturated heterocycles. The van der Waals surface area contributed by atoms with E-state index in [-0.39, 0.29) is 6.61 Å². The first-order valence-electron chi connectivity index (χ1n) is 6.00. The van der Waals surface area contributed by atoms with Crippen molar-refractivity contribution in [3.05, 3.63) is 35.4 Å². The third-order valence-electron chi connectivity index (χ3n) is 2.38. The zero-order chi connectivity index (χ0) is 14.1. The SMILES string of the molecule is FC(F)(F)COCCCNCc1cccc(CCl)c1. The van der Waals surface area contributed by atoms with Gasteiger partial charge in [-0.2, -0.15) is 13.2 Å². The monoisotopic (exact) mass is 295 g/mol. The lowest BCUT2D eigenvalue weighted by atomic mass is 10.1. The molecule has 0 aliphatic heterocycles. The number of alkyl halides is 4. The average Bonchev–Trinajstić information content (AvgIpc) is 2.36. The van der Waals surface area contributed by atoms with Crippen molar-refractivity contribution in [3.63, 3.8) is 0 Å². The highest BCUT2D eigenvalue weighted by atomic mass is 35.5. The summed E-state index contributed by atoms with van der Waals surface area (Å²) in [4.78, 5) is 0. The lowest BCUT2D eigenvalue weighted by Gasteiger charge is -2.08. The van der Waals surface area contributed by atoms with E-state index >= 15 is 0 Å². The van der Waals surface area contributed by atoms with Gasteiger partial charge in [-0.3, -0.25) is 0 Å². The van der Waals surface area contributed by atoms with Crippen LogP contribution >= 0.6 is 11.6 Å². The minimum Gasteiger partial charge on any atom is -0.372 e. The van der Waals surface area contributed by atoms with E-state index in [1.54, 1.807) is 0 Å². The molecule has 0 aromatic heterocycles. The Labute approximate surface area is 115 Å². The average molecular weight is 296 g/mol. The van der Waals surface area contributed by atoms with E-state index in [4.69, 9.17) is 11.6 Å². The van der Waals surface area contributed by atoms with Crippen LogP contribution in [0.4, 0.5) is 13.2 Å². The molecule has 0 amide bonds. The van der Waals surface area contributed by atoms with E-state index in [9.17, 15) is 13.2 Å². The summed E-state index contributed by atoms with van der Waals surface area (Å²) in [7, 11) is 0. The highest BCUT2D eigenvalue weighted by Gasteiger charge is 2.27. The molecule has 0 unspecified atom stereocenters. The number of nitrogens with one attached hydrogen (secondary N) is 1. The summed E-state index contributed by atoms with van der Waals surface area (Å²) in [5, 5.41) is 3.15. The molecule has 0 atom stereocenters. The fourth-order valence-corrected chi connectivity index (χ4v) is 1.71. The van der Waals surface area contributed by atoms with E-state index in [2.05, 4.69) is 10.1 Å². The van der Waals surface area contributed by atoms with Crippen LogP contribution in [0, 0.1) is 0 Å². The lowest BCUT2D eigenvalue weighted by molar-refractivity contribution is -0.173. The van der Waals surface area contributed by atoms with Gasteiger partial charge >= 0.3 is 6.18 Å². The van der Waals surface area contributed by atoms with E-state index in [0.29, 0.717) is 25.4 Å². The van der Waals surface area contributed by atoms with Crippen molar-refractivity contribution < 1.29 is 17.9 Å². The van der Waals surface area contributed by atoms with Crippen LogP contribution in [0.1, 0.15) is 17.5 Å². The van der Waals surface area contributed by atoms with Gasteiger partial charge in [-0.25, -0.2) is 0 Å². The molecule has 0 spiro atoms. The molecule has 0 aliphatic carbocycles. The Morgan fingerprint density at radius 1 is 1.21 bits per heavy atom. The number of hydrogen-bond acceptors (Lipinski definition) is 2. The number of ether oxygens (including phenoxy) is 1. The summed E-state index contributed by atoms with van der Waals surface area (Å²) in [5.41, 5.74) is 2.16. The fourth-order valence-electron chi connectivity index (χ4n) is 1.54. The molecule has 1 aromatic rings. The van der Waals surface area contributed by atoms with E-state index in [1.807, 2.05) is 24.3 Å². The van der Waals surface area contributed by atoms with Gasteiger partial charge in [0.05, 0.1) is 0 Å². The first-order valence-corrected chi connectivity index (χ1v) is 6.54. The molecule has 108 valence electrons. The molecule has 0 heterocycles. The number of rotatable bonds is 8. The molecular formula is C13H17ClF3NO. The molecule has 0 aliphatic rings. The highest BCUT2D eigenvalue weighted by Crippen LogP contribution is 2.14. The van der Waals surface area contributed by atoms with Gasteiger partial charge in [0.15, 0.2) is 0 Å². The molecular weight excluding hydrogens is 279 g/mol. The predicted octanol–water partition coefficient (Wildman–Crippen LogP) is 3.48. The fraction of sp³-hybridized carbons (Fsp3) is 0.538. The van der Waals surface area contributed by atoms with Crippen molar-refractivity contribution in [1.82, 2.24) is 5.32 Å². The minimum absolute atomic E-state index is 0.105. The van der Waals surface area contributed by atoms with E-state index in [1.165, 1.54) is 0 Å². The second-order valence-electron chi connectivity index (χ2n) is 4.15. The summed E-state index contributed by atoms with van der Waals surface area (Å²) in [5.74, 6) is 0.471. The van der Waals surface area contributed by atoms with Crippen molar-refractivity contribution in [1.29, 1.82) is 0 Å². The van der Waals surface area contributed by atoms with Crippen LogP contribution in [0.5, 0.6) is 0 Å². The van der Waals surface area contributed by atoms with Gasteiger partial charge in [0.2, 0.25) is 0 Å². The Bertz CT molecular complexity index is 371. The van der Waals surface area contributed by atoms with Crippen molar-refractivity contribution >= 4 is 11.6 Å². The zero-order valence-corrected chi connectivity index (χ0v) is 11.2. The highest BCUT2D eigenvalue weighted by molar-refractivity contribution is 6.17. The molecule has 19 heavy (non-hydrogen) atoms. The summed E-state index contributed by atoms with van der Waals surface area (Å²) in [6, 6.07) is 7.85. The molecule has 0 fully saturated rings. The number of hydrogen-bond donors (Lipinski definition) is 1. The summed E-state index contributed by atoms with van der Waals surface area (Å²) in [6.45, 7) is 0.214. The quantitative estimate of drug-likeness (QED) is 0.585. The molecule has 0 radical (unpaired) electrons. The molecule has 1 rings (SSSR count). The van der Waals surface area contributed by atoms with Crippen LogP contribution in [0.25, 0.3) is 0 Å². The van der Waals surface area contributed by atoms with Crippen LogP contribution in [0.3, 0.4) is 0 Å². The van der Waals surface area contributed by atoms with Crippen molar-refractivity contribution in [3.8, 4) is 0 Å². The normalized spacial score (nSPS) is 11.8. The van der Waals surface area contributed by atoms with Gasteiger partial charge in [-0.05, 0) is 24.1 Å². The smallest absolute Gasteiger partial charge is 0.372 e. The Hall–Kier alpha value is -0.780. The maximum atomic E-state index is 11.8. The molecule has 1 aromatic carbocycles. The summed E-state index contributed by atoms with van der Waals surface area (Å²) >= 11 is 5.73. The first kappa shape index (κ1) is 16.3. The van der Waals surface area contributed by atoms with Gasteiger partial charge in [0, 0.05) is 19.0 Å². The van der Waals surface area contributed by atoms with E-state index in [0.717, 1.165) is 11.1 Å². The van der Waals surface area contributed by atoms with Gasteiger partial charge in [-0.1, -0.05) is 24.3 Å². The predicted molar refractivity (Wildman–Crippen MR) is 69.2 cm³/mol. The van der Waals surface area contributed by atoms with E-state index < -0.39 is 12.8 Å².